The molecule has 1 aliphatic carbocycles. The molecule has 0 saturated heterocycles. The summed E-state index contributed by atoms with van der Waals surface area (Å²) in [5, 5.41) is 3.40. The van der Waals surface area contributed by atoms with Crippen LogP contribution in [0.2, 0.25) is 0 Å². The van der Waals surface area contributed by atoms with E-state index in [-0.39, 0.29) is 18.2 Å². The molecule has 1 N–H and O–H groups in total. The van der Waals surface area contributed by atoms with Gasteiger partial charge in [-0.1, -0.05) is 0 Å². The van der Waals surface area contributed by atoms with E-state index in [9.17, 15) is 4.79 Å². The van der Waals surface area contributed by atoms with Gasteiger partial charge in [0.1, 0.15) is 5.54 Å². The van der Waals surface area contributed by atoms with Crippen LogP contribution in [-0.2, 0) is 19.0 Å². The maximum absolute atomic E-state index is 12.2. The van der Waals surface area contributed by atoms with Gasteiger partial charge in [0.2, 0.25) is 0 Å². The molecule has 1 saturated carbocycles. The number of ether oxygens (including phenoxy) is 3. The summed E-state index contributed by atoms with van der Waals surface area (Å²) >= 11 is 0. The van der Waals surface area contributed by atoms with Gasteiger partial charge in [-0.05, 0) is 40.5 Å². The van der Waals surface area contributed by atoms with Crippen LogP contribution in [0.4, 0.5) is 0 Å². The summed E-state index contributed by atoms with van der Waals surface area (Å²) in [6.45, 7) is 8.64. The highest BCUT2D eigenvalue weighted by Crippen LogP contribution is 2.26. The van der Waals surface area contributed by atoms with Gasteiger partial charge in [0.25, 0.3) is 0 Å². The molecule has 1 fully saturated rings. The molecule has 0 aromatic carbocycles. The standard InChI is InChI=1S/C15H29NO4/c1-6-19-14(17)15(4,16-13-7-8-13)9-11(2)20-12(3)10-18-5/h11-13,16H,6-10H2,1-5H3. The third-order valence-corrected chi connectivity index (χ3v) is 3.39. The van der Waals surface area contributed by atoms with Crippen LogP contribution >= 0.6 is 0 Å². The summed E-state index contributed by atoms with van der Waals surface area (Å²) in [7, 11) is 1.65. The molecule has 20 heavy (non-hydrogen) atoms. The number of nitrogens with one attached hydrogen (secondary N) is 1. The predicted molar refractivity (Wildman–Crippen MR) is 77.7 cm³/mol. The zero-order valence-electron chi connectivity index (χ0n) is 13.4. The third-order valence-electron chi connectivity index (χ3n) is 3.39. The molecule has 0 aliphatic heterocycles. The molecule has 0 spiro atoms. The number of hydrogen-bond donors (Lipinski definition) is 1. The van der Waals surface area contributed by atoms with Crippen molar-refractivity contribution in [3.63, 3.8) is 0 Å². The maximum Gasteiger partial charge on any atom is 0.326 e. The molecule has 0 radical (unpaired) electrons. The molecule has 3 unspecified atom stereocenters. The van der Waals surface area contributed by atoms with Crippen LogP contribution in [0.1, 0.15) is 47.0 Å². The second-order valence-corrected chi connectivity index (χ2v) is 5.89. The van der Waals surface area contributed by atoms with Gasteiger partial charge < -0.3 is 14.2 Å². The summed E-state index contributed by atoms with van der Waals surface area (Å²) in [5.41, 5.74) is -0.677. The van der Waals surface area contributed by atoms with Crippen LogP contribution in [0.3, 0.4) is 0 Å². The first kappa shape index (κ1) is 17.4. The van der Waals surface area contributed by atoms with Crippen molar-refractivity contribution in [3.8, 4) is 0 Å². The first-order chi connectivity index (χ1) is 9.41. The van der Waals surface area contributed by atoms with Gasteiger partial charge >= 0.3 is 5.97 Å². The average molecular weight is 287 g/mol. The van der Waals surface area contributed by atoms with Crippen molar-refractivity contribution < 1.29 is 19.0 Å². The minimum absolute atomic E-state index is 0.0161. The quantitative estimate of drug-likeness (QED) is 0.622. The summed E-state index contributed by atoms with van der Waals surface area (Å²) < 4.78 is 16.1. The lowest BCUT2D eigenvalue weighted by molar-refractivity contribution is -0.153. The summed E-state index contributed by atoms with van der Waals surface area (Å²) in [6, 6.07) is 0.438. The van der Waals surface area contributed by atoms with E-state index in [2.05, 4.69) is 5.32 Å². The predicted octanol–water partition coefficient (Wildman–Crippen LogP) is 1.89. The van der Waals surface area contributed by atoms with E-state index < -0.39 is 5.54 Å². The Kier molecular flexibility index (Phi) is 6.92. The summed E-state index contributed by atoms with van der Waals surface area (Å²) in [5.74, 6) is -0.193. The van der Waals surface area contributed by atoms with Crippen molar-refractivity contribution in [2.24, 2.45) is 0 Å². The smallest absolute Gasteiger partial charge is 0.326 e. The highest BCUT2D eigenvalue weighted by Gasteiger charge is 2.41. The number of esters is 1. The molecule has 1 rings (SSSR count). The number of methoxy groups -OCH3 is 1. The van der Waals surface area contributed by atoms with Crippen molar-refractivity contribution in [1.29, 1.82) is 0 Å². The Bertz CT molecular complexity index is 306. The van der Waals surface area contributed by atoms with Crippen molar-refractivity contribution in [1.82, 2.24) is 5.32 Å². The van der Waals surface area contributed by atoms with Crippen LogP contribution in [0.25, 0.3) is 0 Å². The van der Waals surface area contributed by atoms with Crippen molar-refractivity contribution in [2.45, 2.75) is 70.7 Å². The van der Waals surface area contributed by atoms with Crippen LogP contribution in [0.5, 0.6) is 0 Å². The second kappa shape index (κ2) is 7.96. The molecule has 0 aromatic rings. The zero-order valence-corrected chi connectivity index (χ0v) is 13.4. The molecule has 5 heteroatoms. The second-order valence-electron chi connectivity index (χ2n) is 5.89. The lowest BCUT2D eigenvalue weighted by Crippen LogP contribution is -2.53. The summed E-state index contributed by atoms with van der Waals surface area (Å²) in [4.78, 5) is 12.2. The monoisotopic (exact) mass is 287 g/mol. The number of carbonyl (C=O) groups is 1. The Morgan fingerprint density at radius 3 is 2.50 bits per heavy atom. The fraction of sp³-hybridized carbons (Fsp3) is 0.933. The fourth-order valence-corrected chi connectivity index (χ4v) is 2.46. The Labute approximate surface area is 122 Å². The van der Waals surface area contributed by atoms with E-state index in [1.807, 2.05) is 27.7 Å². The van der Waals surface area contributed by atoms with Crippen LogP contribution in [0.15, 0.2) is 0 Å². The normalized spacial score (nSPS) is 21.1. The van der Waals surface area contributed by atoms with Crippen molar-refractivity contribution >= 4 is 5.97 Å². The molecule has 0 aromatic heterocycles. The number of hydrogen-bond acceptors (Lipinski definition) is 5. The number of carbonyl (C=O) groups excluding carboxylic acids is 1. The average Bonchev–Trinajstić information content (AvgIpc) is 3.12. The zero-order chi connectivity index (χ0) is 15.2. The molecular weight excluding hydrogens is 258 g/mol. The Morgan fingerprint density at radius 2 is 2.00 bits per heavy atom. The lowest BCUT2D eigenvalue weighted by atomic mass is 9.94. The molecule has 118 valence electrons. The van der Waals surface area contributed by atoms with Gasteiger partial charge in [0.05, 0.1) is 25.4 Å². The van der Waals surface area contributed by atoms with Gasteiger partial charge in [0.15, 0.2) is 0 Å². The van der Waals surface area contributed by atoms with E-state index in [0.717, 1.165) is 12.8 Å². The molecule has 0 heterocycles. The largest absolute Gasteiger partial charge is 0.465 e. The fourth-order valence-electron chi connectivity index (χ4n) is 2.46. The highest BCUT2D eigenvalue weighted by atomic mass is 16.5. The van der Waals surface area contributed by atoms with E-state index >= 15 is 0 Å². The van der Waals surface area contributed by atoms with E-state index in [1.165, 1.54) is 0 Å². The van der Waals surface area contributed by atoms with E-state index in [0.29, 0.717) is 25.7 Å². The molecule has 1 aliphatic rings. The van der Waals surface area contributed by atoms with Crippen molar-refractivity contribution in [2.75, 3.05) is 20.3 Å². The highest BCUT2D eigenvalue weighted by molar-refractivity contribution is 5.80. The third kappa shape index (κ3) is 5.77. The number of rotatable bonds is 10. The van der Waals surface area contributed by atoms with Gasteiger partial charge in [-0.3, -0.25) is 10.1 Å². The van der Waals surface area contributed by atoms with Gasteiger partial charge in [-0.2, -0.15) is 0 Å². The molecule has 5 nitrogen and oxygen atoms in total. The van der Waals surface area contributed by atoms with Crippen LogP contribution in [-0.4, -0.2) is 50.1 Å². The van der Waals surface area contributed by atoms with Crippen LogP contribution in [0, 0.1) is 0 Å². The molecule has 0 bridgehead atoms. The lowest BCUT2D eigenvalue weighted by Gasteiger charge is -2.32. The van der Waals surface area contributed by atoms with E-state index in [1.54, 1.807) is 7.11 Å². The SMILES string of the molecule is CCOC(=O)C(C)(CC(C)OC(C)COC)NC1CC1. The first-order valence-corrected chi connectivity index (χ1v) is 7.50. The van der Waals surface area contributed by atoms with E-state index in [4.69, 9.17) is 14.2 Å². The van der Waals surface area contributed by atoms with Gasteiger partial charge in [0, 0.05) is 19.6 Å². The van der Waals surface area contributed by atoms with Gasteiger partial charge in [-0.15, -0.1) is 0 Å². The molecule has 3 atom stereocenters. The Hall–Kier alpha value is -0.650. The minimum Gasteiger partial charge on any atom is -0.465 e. The van der Waals surface area contributed by atoms with Crippen LogP contribution < -0.4 is 5.32 Å². The van der Waals surface area contributed by atoms with Crippen molar-refractivity contribution in [3.05, 3.63) is 0 Å². The molecule has 0 amide bonds. The minimum atomic E-state index is -0.677. The molecular formula is C15H29NO4. The maximum atomic E-state index is 12.2. The summed E-state index contributed by atoms with van der Waals surface area (Å²) in [6.07, 6.45) is 2.83. The topological polar surface area (TPSA) is 56.8 Å². The first-order valence-electron chi connectivity index (χ1n) is 7.50. The van der Waals surface area contributed by atoms with Gasteiger partial charge in [-0.25, -0.2) is 0 Å². The Morgan fingerprint density at radius 1 is 1.35 bits per heavy atom. The Balaban J connectivity index is 2.56.